The van der Waals surface area contributed by atoms with Gasteiger partial charge in [0.2, 0.25) is 0 Å². The molecule has 0 fully saturated rings. The molecule has 0 atom stereocenters. The second-order valence-electron chi connectivity index (χ2n) is 5.34. The number of hydrogen-bond donors (Lipinski definition) is 1. The molecule has 2 rings (SSSR count). The molecule has 122 valence electrons. The smallest absolute Gasteiger partial charge is 0.137 e. The first-order valence-electron chi connectivity index (χ1n) is 7.85. The van der Waals surface area contributed by atoms with E-state index >= 15 is 0 Å². The molecule has 0 aliphatic heterocycles. The molecule has 1 aromatic carbocycles. The lowest BCUT2D eigenvalue weighted by atomic mass is 10.1. The van der Waals surface area contributed by atoms with Crippen molar-refractivity contribution < 1.29 is 8.81 Å². The minimum Gasteiger partial charge on any atom is -0.460 e. The second kappa shape index (κ2) is 10.4. The maximum atomic E-state index is 13.7. The van der Waals surface area contributed by atoms with Crippen LogP contribution in [0.5, 0.6) is 0 Å². The lowest BCUT2D eigenvalue weighted by Gasteiger charge is -2.03. The molecule has 0 aliphatic rings. The second-order valence-corrected chi connectivity index (χ2v) is 5.34. The van der Waals surface area contributed by atoms with E-state index in [-0.39, 0.29) is 18.2 Å². The van der Waals surface area contributed by atoms with Gasteiger partial charge in [0.25, 0.3) is 0 Å². The number of halogens is 2. The summed E-state index contributed by atoms with van der Waals surface area (Å²) in [4.78, 5) is 0. The van der Waals surface area contributed by atoms with Gasteiger partial charge < -0.3 is 9.73 Å². The van der Waals surface area contributed by atoms with Gasteiger partial charge in [-0.05, 0) is 37.2 Å². The van der Waals surface area contributed by atoms with Crippen molar-refractivity contribution in [2.75, 3.05) is 6.54 Å². The Morgan fingerprint density at radius 3 is 2.55 bits per heavy atom. The molecule has 0 unspecified atom stereocenters. The fourth-order valence-corrected chi connectivity index (χ4v) is 2.34. The fourth-order valence-electron chi connectivity index (χ4n) is 2.34. The maximum absolute atomic E-state index is 13.7. The van der Waals surface area contributed by atoms with E-state index in [4.69, 9.17) is 4.42 Å². The summed E-state index contributed by atoms with van der Waals surface area (Å²) in [7, 11) is 0. The molecular formula is C18H25ClFNO. The predicted molar refractivity (Wildman–Crippen MR) is 91.8 cm³/mol. The third kappa shape index (κ3) is 5.82. The van der Waals surface area contributed by atoms with Crippen LogP contribution in [-0.2, 0) is 6.54 Å². The Labute approximate surface area is 138 Å². The van der Waals surface area contributed by atoms with Gasteiger partial charge in [-0.25, -0.2) is 4.39 Å². The maximum Gasteiger partial charge on any atom is 0.137 e. The molecule has 0 saturated heterocycles. The van der Waals surface area contributed by atoms with Gasteiger partial charge in [0.05, 0.1) is 12.1 Å². The Bertz CT molecular complexity index is 541. The van der Waals surface area contributed by atoms with Gasteiger partial charge in [0, 0.05) is 0 Å². The number of benzene rings is 1. The zero-order valence-electron chi connectivity index (χ0n) is 13.1. The minimum atomic E-state index is -0.248. The van der Waals surface area contributed by atoms with Crippen molar-refractivity contribution in [1.82, 2.24) is 5.32 Å². The van der Waals surface area contributed by atoms with E-state index in [1.165, 1.54) is 38.2 Å². The quantitative estimate of drug-likeness (QED) is 0.610. The van der Waals surface area contributed by atoms with Crippen molar-refractivity contribution in [3.05, 3.63) is 48.0 Å². The third-order valence-electron chi connectivity index (χ3n) is 3.56. The largest absolute Gasteiger partial charge is 0.460 e. The van der Waals surface area contributed by atoms with Crippen LogP contribution in [0.1, 0.15) is 44.8 Å². The van der Waals surface area contributed by atoms with Gasteiger partial charge in [-0.3, -0.25) is 0 Å². The van der Waals surface area contributed by atoms with Crippen LogP contribution in [-0.4, -0.2) is 6.54 Å². The highest BCUT2D eigenvalue weighted by Gasteiger charge is 2.08. The molecule has 2 aromatic rings. The average Bonchev–Trinajstić information content (AvgIpc) is 2.95. The van der Waals surface area contributed by atoms with Crippen molar-refractivity contribution >= 4 is 12.4 Å². The number of furan rings is 1. The summed E-state index contributed by atoms with van der Waals surface area (Å²) in [6, 6.07) is 10.4. The van der Waals surface area contributed by atoms with Crippen LogP contribution in [0.25, 0.3) is 11.3 Å². The normalized spacial score (nSPS) is 10.5. The van der Waals surface area contributed by atoms with Crippen LogP contribution in [0, 0.1) is 5.82 Å². The Morgan fingerprint density at radius 2 is 1.77 bits per heavy atom. The first-order valence-corrected chi connectivity index (χ1v) is 7.85. The SMILES string of the molecule is CCCCCCCNCc1ccc(-c2ccccc2F)o1.Cl. The van der Waals surface area contributed by atoms with Crippen LogP contribution in [0.15, 0.2) is 40.8 Å². The zero-order valence-corrected chi connectivity index (χ0v) is 13.9. The molecule has 2 nitrogen and oxygen atoms in total. The fraction of sp³-hybridized carbons (Fsp3) is 0.444. The van der Waals surface area contributed by atoms with Crippen LogP contribution < -0.4 is 5.32 Å². The van der Waals surface area contributed by atoms with E-state index in [9.17, 15) is 4.39 Å². The summed E-state index contributed by atoms with van der Waals surface area (Å²) >= 11 is 0. The number of nitrogens with one attached hydrogen (secondary N) is 1. The van der Waals surface area contributed by atoms with Gasteiger partial charge in [-0.1, -0.05) is 44.7 Å². The molecule has 0 saturated carbocycles. The summed E-state index contributed by atoms with van der Waals surface area (Å²) < 4.78 is 19.4. The summed E-state index contributed by atoms with van der Waals surface area (Å²) in [6.45, 7) is 3.92. The minimum absolute atomic E-state index is 0. The number of rotatable bonds is 9. The van der Waals surface area contributed by atoms with Crippen LogP contribution >= 0.6 is 12.4 Å². The summed E-state index contributed by atoms with van der Waals surface area (Å²) in [5, 5.41) is 3.37. The molecule has 0 amide bonds. The zero-order chi connectivity index (χ0) is 14.9. The van der Waals surface area contributed by atoms with Gasteiger partial charge in [-0.15, -0.1) is 12.4 Å². The first kappa shape index (κ1) is 18.7. The van der Waals surface area contributed by atoms with Crippen LogP contribution in [0.2, 0.25) is 0 Å². The molecule has 22 heavy (non-hydrogen) atoms. The summed E-state index contributed by atoms with van der Waals surface area (Å²) in [5.74, 6) is 1.19. The Kier molecular flexibility index (Phi) is 8.86. The van der Waals surface area contributed by atoms with Gasteiger partial charge >= 0.3 is 0 Å². The van der Waals surface area contributed by atoms with Crippen molar-refractivity contribution in [1.29, 1.82) is 0 Å². The van der Waals surface area contributed by atoms with Gasteiger partial charge in [-0.2, -0.15) is 0 Å². The van der Waals surface area contributed by atoms with Gasteiger partial charge in [0.15, 0.2) is 0 Å². The Hall–Kier alpha value is -1.32. The standard InChI is InChI=1S/C18H24FNO.ClH/c1-2-3-4-5-8-13-20-14-15-11-12-18(21-15)16-9-6-7-10-17(16)19;/h6-7,9-12,20H,2-5,8,13-14H2,1H3;1H. The topological polar surface area (TPSA) is 25.2 Å². The first-order chi connectivity index (χ1) is 10.3. The van der Waals surface area contributed by atoms with Crippen molar-refractivity contribution in [2.45, 2.75) is 45.6 Å². The van der Waals surface area contributed by atoms with Crippen molar-refractivity contribution in [2.24, 2.45) is 0 Å². The van der Waals surface area contributed by atoms with Crippen molar-refractivity contribution in [3.8, 4) is 11.3 Å². The lowest BCUT2D eigenvalue weighted by Crippen LogP contribution is -2.14. The molecule has 0 radical (unpaired) electrons. The number of unbranched alkanes of at least 4 members (excludes halogenated alkanes) is 4. The molecular weight excluding hydrogens is 301 g/mol. The van der Waals surface area contributed by atoms with E-state index in [0.717, 1.165) is 12.3 Å². The highest BCUT2D eigenvalue weighted by atomic mass is 35.5. The third-order valence-corrected chi connectivity index (χ3v) is 3.56. The van der Waals surface area contributed by atoms with E-state index in [2.05, 4.69) is 12.2 Å². The lowest BCUT2D eigenvalue weighted by molar-refractivity contribution is 0.483. The highest BCUT2D eigenvalue weighted by molar-refractivity contribution is 5.85. The predicted octanol–water partition coefficient (Wildman–Crippen LogP) is 5.57. The van der Waals surface area contributed by atoms with Crippen LogP contribution in [0.3, 0.4) is 0 Å². The molecule has 0 bridgehead atoms. The highest BCUT2D eigenvalue weighted by Crippen LogP contribution is 2.24. The van der Waals surface area contributed by atoms with E-state index < -0.39 is 0 Å². The van der Waals surface area contributed by atoms with E-state index in [1.54, 1.807) is 12.1 Å². The molecule has 0 aliphatic carbocycles. The van der Waals surface area contributed by atoms with Gasteiger partial charge in [0.1, 0.15) is 17.3 Å². The van der Waals surface area contributed by atoms with Crippen molar-refractivity contribution in [3.63, 3.8) is 0 Å². The summed E-state index contributed by atoms with van der Waals surface area (Å²) in [6.07, 6.45) is 6.39. The summed E-state index contributed by atoms with van der Waals surface area (Å²) in [5.41, 5.74) is 0.517. The van der Waals surface area contributed by atoms with E-state index in [0.29, 0.717) is 17.9 Å². The monoisotopic (exact) mass is 325 g/mol. The molecule has 1 aromatic heterocycles. The molecule has 1 N–H and O–H groups in total. The number of hydrogen-bond acceptors (Lipinski definition) is 2. The molecule has 4 heteroatoms. The molecule has 1 heterocycles. The Balaban J connectivity index is 0.00000242. The van der Waals surface area contributed by atoms with E-state index in [1.807, 2.05) is 18.2 Å². The molecule has 0 spiro atoms. The average molecular weight is 326 g/mol. The van der Waals surface area contributed by atoms with Crippen LogP contribution in [0.4, 0.5) is 4.39 Å². The Morgan fingerprint density at radius 1 is 1.00 bits per heavy atom.